The van der Waals surface area contributed by atoms with E-state index in [4.69, 9.17) is 0 Å². The lowest BCUT2D eigenvalue weighted by molar-refractivity contribution is 1.10. The van der Waals surface area contributed by atoms with Gasteiger partial charge in [0.1, 0.15) is 0 Å². The number of nitrogens with zero attached hydrogens (tertiary/aromatic N) is 2. The molecule has 11 rings (SSSR count). The molecule has 0 aliphatic rings. The Bertz CT molecular complexity index is 3650. The minimum Gasteiger partial charge on any atom is -0.310 e. The van der Waals surface area contributed by atoms with Crippen LogP contribution in [0.15, 0.2) is 279 Å². The molecule has 0 unspecified atom stereocenters. The zero-order valence-electron chi connectivity index (χ0n) is 47.3. The Morgan fingerprint density at radius 1 is 0.280 bits per heavy atom. The van der Waals surface area contributed by atoms with Crippen molar-refractivity contribution in [2.45, 2.75) is 40.5 Å². The smallest absolute Gasteiger partial charge is 0.0522 e. The molecule has 0 spiro atoms. The predicted octanol–water partition coefficient (Wildman–Crippen LogP) is 21.9. The number of rotatable bonds is 18. The minimum atomic E-state index is 0.930. The zero-order valence-corrected chi connectivity index (χ0v) is 47.3. The molecule has 0 aliphatic carbocycles. The van der Waals surface area contributed by atoms with Crippen molar-refractivity contribution in [3.8, 4) is 0 Å². The maximum atomic E-state index is 2.42. The van der Waals surface area contributed by atoms with Crippen LogP contribution in [0.3, 0.4) is 0 Å². The van der Waals surface area contributed by atoms with Gasteiger partial charge in [-0.05, 0) is 176 Å². The summed E-state index contributed by atoms with van der Waals surface area (Å²) in [7, 11) is 0. The van der Waals surface area contributed by atoms with E-state index in [9.17, 15) is 0 Å². The molecule has 82 heavy (non-hydrogen) atoms. The Morgan fingerprint density at radius 3 is 0.854 bits per heavy atom. The van der Waals surface area contributed by atoms with Crippen LogP contribution in [0.2, 0.25) is 0 Å². The van der Waals surface area contributed by atoms with E-state index < -0.39 is 0 Å². The summed E-state index contributed by atoms with van der Waals surface area (Å²) in [5.74, 6) is 0. The zero-order chi connectivity index (χ0) is 56.0. The lowest BCUT2D eigenvalue weighted by Gasteiger charge is -2.29. The summed E-state index contributed by atoms with van der Waals surface area (Å²) in [5, 5.41) is 0. The average molecular weight is 1060 g/mol. The summed E-state index contributed by atoms with van der Waals surface area (Å²) in [6.45, 7) is 8.93. The third kappa shape index (κ3) is 12.5. The Morgan fingerprint density at radius 2 is 0.561 bits per heavy atom. The van der Waals surface area contributed by atoms with Crippen molar-refractivity contribution in [2.75, 3.05) is 9.80 Å². The summed E-state index contributed by atoms with van der Waals surface area (Å²) in [6.07, 6.45) is 15.4. The van der Waals surface area contributed by atoms with E-state index >= 15 is 0 Å². The third-order valence-electron chi connectivity index (χ3n) is 15.3. The molecule has 0 heterocycles. The van der Waals surface area contributed by atoms with E-state index in [2.05, 4.69) is 353 Å². The predicted molar refractivity (Wildman–Crippen MR) is 354 cm³/mol. The second-order valence-electron chi connectivity index (χ2n) is 20.8. The van der Waals surface area contributed by atoms with Crippen LogP contribution in [0.1, 0.15) is 91.7 Å². The van der Waals surface area contributed by atoms with E-state index in [1.165, 1.54) is 67.0 Å². The Kier molecular flexibility index (Phi) is 17.0. The van der Waals surface area contributed by atoms with Crippen LogP contribution in [0, 0.1) is 13.8 Å². The molecule has 0 radical (unpaired) electrons. The molecule has 0 atom stereocenters. The molecule has 0 aliphatic heterocycles. The molecule has 0 amide bonds. The topological polar surface area (TPSA) is 6.48 Å². The summed E-state index contributed by atoms with van der Waals surface area (Å²) in [4.78, 5) is 4.84. The van der Waals surface area contributed by atoms with Gasteiger partial charge in [0.25, 0.3) is 0 Å². The summed E-state index contributed by atoms with van der Waals surface area (Å²) in [5.41, 5.74) is 26.1. The van der Waals surface area contributed by atoms with Gasteiger partial charge in [-0.25, -0.2) is 0 Å². The molecular formula is C80H68N2. The first-order valence-electron chi connectivity index (χ1n) is 28.7. The molecule has 2 nitrogen and oxygen atoms in total. The first kappa shape index (κ1) is 54.0. The van der Waals surface area contributed by atoms with Crippen molar-refractivity contribution in [3.05, 3.63) is 357 Å². The summed E-state index contributed by atoms with van der Waals surface area (Å²) in [6, 6.07) is 100. The first-order chi connectivity index (χ1) is 40.4. The largest absolute Gasteiger partial charge is 0.310 e. The van der Waals surface area contributed by atoms with E-state index in [-0.39, 0.29) is 0 Å². The maximum absolute atomic E-state index is 2.42. The van der Waals surface area contributed by atoms with Gasteiger partial charge in [-0.15, -0.1) is 0 Å². The van der Waals surface area contributed by atoms with Crippen LogP contribution >= 0.6 is 0 Å². The fourth-order valence-corrected chi connectivity index (χ4v) is 11.0. The quantitative estimate of drug-likeness (QED) is 0.0790. The minimum absolute atomic E-state index is 0.930. The molecule has 0 saturated heterocycles. The Hall–Kier alpha value is -10.0. The molecule has 0 saturated carbocycles. The van der Waals surface area contributed by atoms with E-state index in [1.54, 1.807) is 0 Å². The highest BCUT2D eigenvalue weighted by Crippen LogP contribution is 2.42. The highest BCUT2D eigenvalue weighted by Gasteiger charge is 2.20. The standard InChI is InChI=1S/C80H68N2/c1-5-65-35-21-23-59(3)79(65)81(75-53-43-63(44-54-75)57-77(69-27-11-7-12-28-69)70-29-13-8-14-30-70)73-49-39-61(40-50-73)37-47-67-25-19-20-26-68(67)48-38-62-41-51-74(52-42-62)82(80-60(4)24-22-36-66(80)6-2)76-55-45-64(46-56-76)58-78(71-31-15-9-16-32-71)72-33-17-10-18-34-72/h7-58H,5-6H2,1-4H3. The maximum Gasteiger partial charge on any atom is 0.0522 e. The van der Waals surface area contributed by atoms with Crippen LogP contribution in [0.4, 0.5) is 34.1 Å². The van der Waals surface area contributed by atoms with Gasteiger partial charge in [0.15, 0.2) is 0 Å². The van der Waals surface area contributed by atoms with Crippen LogP contribution in [0.5, 0.6) is 0 Å². The van der Waals surface area contributed by atoms with Gasteiger partial charge in [0, 0.05) is 22.7 Å². The number of aryl methyl sites for hydroxylation is 4. The molecular weight excluding hydrogens is 989 g/mol. The Balaban J connectivity index is 0.840. The molecule has 0 N–H and O–H groups in total. The summed E-state index contributed by atoms with van der Waals surface area (Å²) >= 11 is 0. The lowest BCUT2D eigenvalue weighted by Crippen LogP contribution is -2.13. The van der Waals surface area contributed by atoms with Gasteiger partial charge >= 0.3 is 0 Å². The Labute approximate surface area is 486 Å². The van der Waals surface area contributed by atoms with E-state index in [1.807, 2.05) is 0 Å². The van der Waals surface area contributed by atoms with Gasteiger partial charge in [-0.3, -0.25) is 0 Å². The molecule has 0 fully saturated rings. The van der Waals surface area contributed by atoms with Crippen molar-refractivity contribution in [1.29, 1.82) is 0 Å². The van der Waals surface area contributed by atoms with Crippen molar-refractivity contribution in [3.63, 3.8) is 0 Å². The number of benzene rings is 11. The fourth-order valence-electron chi connectivity index (χ4n) is 11.0. The van der Waals surface area contributed by atoms with E-state index in [0.717, 1.165) is 69.0 Å². The molecule has 11 aromatic rings. The van der Waals surface area contributed by atoms with Crippen LogP contribution in [-0.4, -0.2) is 0 Å². The number of hydrogen-bond acceptors (Lipinski definition) is 2. The van der Waals surface area contributed by atoms with Gasteiger partial charge < -0.3 is 9.80 Å². The van der Waals surface area contributed by atoms with Crippen molar-refractivity contribution < 1.29 is 0 Å². The molecule has 0 bridgehead atoms. The SMILES string of the molecule is CCc1cccc(C)c1N(c1ccc(C=Cc2ccccc2C=Cc2ccc(N(c3ccc(C=C(c4ccccc4)c4ccccc4)cc3)c3c(C)cccc3CC)cc2)cc1)c1ccc(C=C(c2ccccc2)c2ccccc2)cc1. The third-order valence-corrected chi connectivity index (χ3v) is 15.3. The average Bonchev–Trinajstić information content (AvgIpc) is 3.73. The molecule has 2 heteroatoms. The molecule has 11 aromatic carbocycles. The molecule has 398 valence electrons. The van der Waals surface area contributed by atoms with Crippen LogP contribution in [0.25, 0.3) is 47.6 Å². The number of anilines is 6. The van der Waals surface area contributed by atoms with Crippen LogP contribution < -0.4 is 9.80 Å². The highest BCUT2D eigenvalue weighted by molar-refractivity contribution is 5.93. The monoisotopic (exact) mass is 1060 g/mol. The first-order valence-corrected chi connectivity index (χ1v) is 28.7. The second-order valence-corrected chi connectivity index (χ2v) is 20.8. The van der Waals surface area contributed by atoms with Gasteiger partial charge in [-0.1, -0.05) is 269 Å². The molecule has 0 aromatic heterocycles. The van der Waals surface area contributed by atoms with Gasteiger partial charge in [0.05, 0.1) is 11.4 Å². The van der Waals surface area contributed by atoms with E-state index in [0.29, 0.717) is 0 Å². The fraction of sp³-hybridized carbons (Fsp3) is 0.0750. The summed E-state index contributed by atoms with van der Waals surface area (Å²) < 4.78 is 0. The van der Waals surface area contributed by atoms with Gasteiger partial charge in [-0.2, -0.15) is 0 Å². The van der Waals surface area contributed by atoms with Crippen molar-refractivity contribution in [1.82, 2.24) is 0 Å². The number of hydrogen-bond donors (Lipinski definition) is 0. The van der Waals surface area contributed by atoms with Crippen molar-refractivity contribution in [2.24, 2.45) is 0 Å². The van der Waals surface area contributed by atoms with Gasteiger partial charge in [0.2, 0.25) is 0 Å². The number of para-hydroxylation sites is 2. The lowest BCUT2D eigenvalue weighted by atomic mass is 9.95. The second kappa shape index (κ2) is 25.8. The van der Waals surface area contributed by atoms with Crippen LogP contribution in [-0.2, 0) is 12.8 Å². The highest BCUT2D eigenvalue weighted by atomic mass is 15.2. The normalized spacial score (nSPS) is 11.2. The van der Waals surface area contributed by atoms with Crippen molar-refractivity contribution >= 4 is 81.7 Å².